The Morgan fingerprint density at radius 2 is 2.05 bits per heavy atom. The second-order valence-corrected chi connectivity index (χ2v) is 5.76. The van der Waals surface area contributed by atoms with Crippen LogP contribution < -0.4 is 5.32 Å². The number of benzene rings is 1. The van der Waals surface area contributed by atoms with E-state index in [1.807, 2.05) is 24.1 Å². The molecule has 0 unspecified atom stereocenters. The summed E-state index contributed by atoms with van der Waals surface area (Å²) in [6.07, 6.45) is 7.20. The topological polar surface area (TPSA) is 32.3 Å². The molecule has 1 N–H and O–H groups in total. The third kappa shape index (κ3) is 2.46. The second kappa shape index (κ2) is 5.24. The van der Waals surface area contributed by atoms with Crippen molar-refractivity contribution < 1.29 is 4.79 Å². The van der Waals surface area contributed by atoms with E-state index in [1.54, 1.807) is 0 Å². The van der Waals surface area contributed by atoms with Gasteiger partial charge in [0.1, 0.15) is 0 Å². The van der Waals surface area contributed by atoms with Crippen molar-refractivity contribution in [3.8, 4) is 0 Å². The van der Waals surface area contributed by atoms with Crippen LogP contribution in [0.3, 0.4) is 0 Å². The normalized spacial score (nSPS) is 18.8. The molecular weight excluding hydrogens is 236 g/mol. The van der Waals surface area contributed by atoms with Gasteiger partial charge in [0.15, 0.2) is 0 Å². The Labute approximate surface area is 115 Å². The van der Waals surface area contributed by atoms with E-state index < -0.39 is 0 Å². The molecule has 3 heteroatoms. The predicted octanol–water partition coefficient (Wildman–Crippen LogP) is 3.06. The summed E-state index contributed by atoms with van der Waals surface area (Å²) in [5, 5.41) is 3.33. The van der Waals surface area contributed by atoms with E-state index in [1.165, 1.54) is 30.5 Å². The van der Waals surface area contributed by atoms with Crippen LogP contribution >= 0.6 is 0 Å². The number of rotatable bonds is 2. The number of fused-ring (bicyclic) bond motifs is 1. The standard InChI is InChI=1S/C16H22N2O/c1-18(14-5-3-2-4-6-14)16(19)13-7-8-15-12(11-13)9-10-17-15/h7-8,11,14,17H,2-6,9-10H2,1H3. The zero-order chi connectivity index (χ0) is 13.2. The summed E-state index contributed by atoms with van der Waals surface area (Å²) in [6.45, 7) is 0.992. The van der Waals surface area contributed by atoms with Crippen LogP contribution in [0.25, 0.3) is 0 Å². The summed E-state index contributed by atoms with van der Waals surface area (Å²) in [4.78, 5) is 14.5. The molecule has 102 valence electrons. The smallest absolute Gasteiger partial charge is 0.253 e. The van der Waals surface area contributed by atoms with Gasteiger partial charge >= 0.3 is 0 Å². The number of amides is 1. The predicted molar refractivity (Wildman–Crippen MR) is 77.6 cm³/mol. The van der Waals surface area contributed by atoms with Gasteiger partial charge in [0, 0.05) is 30.9 Å². The molecule has 0 aromatic heterocycles. The molecule has 3 rings (SSSR count). The minimum atomic E-state index is 0.182. The minimum Gasteiger partial charge on any atom is -0.384 e. The van der Waals surface area contributed by atoms with Crippen molar-refractivity contribution in [3.05, 3.63) is 29.3 Å². The fourth-order valence-electron chi connectivity index (χ4n) is 3.28. The Hall–Kier alpha value is -1.51. The largest absolute Gasteiger partial charge is 0.384 e. The Balaban J connectivity index is 1.75. The van der Waals surface area contributed by atoms with Crippen molar-refractivity contribution in [2.45, 2.75) is 44.6 Å². The lowest BCUT2D eigenvalue weighted by Gasteiger charge is -2.31. The average Bonchev–Trinajstić information content (AvgIpc) is 2.94. The van der Waals surface area contributed by atoms with Gasteiger partial charge < -0.3 is 10.2 Å². The van der Waals surface area contributed by atoms with Crippen molar-refractivity contribution in [2.75, 3.05) is 18.9 Å². The number of nitrogens with zero attached hydrogens (tertiary/aromatic N) is 1. The molecule has 0 saturated heterocycles. The SMILES string of the molecule is CN(C(=O)c1ccc2c(c1)CCN2)C1CCCCC1. The van der Waals surface area contributed by atoms with E-state index in [0.717, 1.165) is 31.4 Å². The van der Waals surface area contributed by atoms with Gasteiger partial charge in [-0.25, -0.2) is 0 Å². The lowest BCUT2D eigenvalue weighted by molar-refractivity contribution is 0.0696. The average molecular weight is 258 g/mol. The van der Waals surface area contributed by atoms with Crippen LogP contribution in [0.1, 0.15) is 48.0 Å². The maximum absolute atomic E-state index is 12.5. The third-order valence-corrected chi connectivity index (χ3v) is 4.50. The van der Waals surface area contributed by atoms with Crippen LogP contribution in [0.4, 0.5) is 5.69 Å². The van der Waals surface area contributed by atoms with Crippen LogP contribution in [0.5, 0.6) is 0 Å². The highest BCUT2D eigenvalue weighted by molar-refractivity contribution is 5.95. The van der Waals surface area contributed by atoms with Gasteiger partial charge in [-0.2, -0.15) is 0 Å². The number of hydrogen-bond donors (Lipinski definition) is 1. The summed E-state index contributed by atoms with van der Waals surface area (Å²) in [7, 11) is 1.96. The molecule has 1 saturated carbocycles. The quantitative estimate of drug-likeness (QED) is 0.884. The van der Waals surface area contributed by atoms with E-state index in [2.05, 4.69) is 11.4 Å². The van der Waals surface area contributed by atoms with Crippen LogP contribution in [-0.4, -0.2) is 30.4 Å². The van der Waals surface area contributed by atoms with Crippen molar-refractivity contribution in [1.82, 2.24) is 4.90 Å². The van der Waals surface area contributed by atoms with E-state index in [4.69, 9.17) is 0 Å². The molecule has 1 aromatic carbocycles. The van der Waals surface area contributed by atoms with Crippen LogP contribution in [-0.2, 0) is 6.42 Å². The number of nitrogens with one attached hydrogen (secondary N) is 1. The third-order valence-electron chi connectivity index (χ3n) is 4.50. The first kappa shape index (κ1) is 12.5. The molecule has 1 amide bonds. The van der Waals surface area contributed by atoms with Gasteiger partial charge in [0.2, 0.25) is 0 Å². The second-order valence-electron chi connectivity index (χ2n) is 5.76. The molecule has 3 nitrogen and oxygen atoms in total. The number of carbonyl (C=O) groups is 1. The molecule has 1 aliphatic heterocycles. The maximum atomic E-state index is 12.5. The van der Waals surface area contributed by atoms with Gasteiger partial charge in [-0.3, -0.25) is 4.79 Å². The molecule has 1 aliphatic carbocycles. The molecule has 0 atom stereocenters. The lowest BCUT2D eigenvalue weighted by Crippen LogP contribution is -2.38. The van der Waals surface area contributed by atoms with Crippen molar-refractivity contribution in [3.63, 3.8) is 0 Å². The summed E-state index contributed by atoms with van der Waals surface area (Å²) >= 11 is 0. The Kier molecular flexibility index (Phi) is 3.45. The molecule has 1 heterocycles. The fraction of sp³-hybridized carbons (Fsp3) is 0.562. The number of carbonyl (C=O) groups excluding carboxylic acids is 1. The summed E-state index contributed by atoms with van der Waals surface area (Å²) in [5.74, 6) is 0.182. The first-order valence-corrected chi connectivity index (χ1v) is 7.39. The van der Waals surface area contributed by atoms with Crippen LogP contribution in [0, 0.1) is 0 Å². The van der Waals surface area contributed by atoms with E-state index in [0.29, 0.717) is 6.04 Å². The molecule has 2 aliphatic rings. The number of anilines is 1. The molecule has 19 heavy (non-hydrogen) atoms. The van der Waals surface area contributed by atoms with Gasteiger partial charge in [-0.1, -0.05) is 19.3 Å². The first-order valence-electron chi connectivity index (χ1n) is 7.39. The van der Waals surface area contributed by atoms with E-state index >= 15 is 0 Å². The highest BCUT2D eigenvalue weighted by Gasteiger charge is 2.23. The van der Waals surface area contributed by atoms with Crippen molar-refractivity contribution in [2.24, 2.45) is 0 Å². The van der Waals surface area contributed by atoms with Crippen molar-refractivity contribution >= 4 is 11.6 Å². The molecule has 0 bridgehead atoms. The molecule has 1 fully saturated rings. The molecule has 0 spiro atoms. The van der Waals surface area contributed by atoms with Gasteiger partial charge in [0.25, 0.3) is 5.91 Å². The zero-order valence-electron chi connectivity index (χ0n) is 11.6. The summed E-state index contributed by atoms with van der Waals surface area (Å²) in [6, 6.07) is 6.51. The van der Waals surface area contributed by atoms with E-state index in [-0.39, 0.29) is 5.91 Å². The summed E-state index contributed by atoms with van der Waals surface area (Å²) in [5.41, 5.74) is 3.32. The Morgan fingerprint density at radius 3 is 2.84 bits per heavy atom. The first-order chi connectivity index (χ1) is 9.25. The highest BCUT2D eigenvalue weighted by Crippen LogP contribution is 2.26. The molecular formula is C16H22N2O. The number of hydrogen-bond acceptors (Lipinski definition) is 2. The Morgan fingerprint density at radius 1 is 1.26 bits per heavy atom. The van der Waals surface area contributed by atoms with Gasteiger partial charge in [-0.05, 0) is 43.0 Å². The fourth-order valence-corrected chi connectivity index (χ4v) is 3.28. The molecule has 1 aromatic rings. The monoisotopic (exact) mass is 258 g/mol. The molecule has 0 radical (unpaired) electrons. The minimum absolute atomic E-state index is 0.182. The lowest BCUT2D eigenvalue weighted by atomic mass is 9.94. The maximum Gasteiger partial charge on any atom is 0.253 e. The van der Waals surface area contributed by atoms with Gasteiger partial charge in [0.05, 0.1) is 0 Å². The highest BCUT2D eigenvalue weighted by atomic mass is 16.2. The zero-order valence-corrected chi connectivity index (χ0v) is 11.6. The van der Waals surface area contributed by atoms with Crippen LogP contribution in [0.15, 0.2) is 18.2 Å². The van der Waals surface area contributed by atoms with Crippen LogP contribution in [0.2, 0.25) is 0 Å². The Bertz CT molecular complexity index is 478. The van der Waals surface area contributed by atoms with Gasteiger partial charge in [-0.15, -0.1) is 0 Å². The van der Waals surface area contributed by atoms with E-state index in [9.17, 15) is 4.79 Å². The summed E-state index contributed by atoms with van der Waals surface area (Å²) < 4.78 is 0. The van der Waals surface area contributed by atoms with Crippen molar-refractivity contribution in [1.29, 1.82) is 0 Å².